The molecule has 0 saturated carbocycles. The number of ether oxygens (including phenoxy) is 1. The van der Waals surface area contributed by atoms with Gasteiger partial charge >= 0.3 is 0 Å². The van der Waals surface area contributed by atoms with Gasteiger partial charge in [-0.25, -0.2) is 4.98 Å². The van der Waals surface area contributed by atoms with Crippen molar-refractivity contribution in [2.24, 2.45) is 5.92 Å². The first-order valence-electron chi connectivity index (χ1n) is 7.61. The lowest BCUT2D eigenvalue weighted by atomic mass is 10.0. The van der Waals surface area contributed by atoms with E-state index in [1.807, 2.05) is 0 Å². The molecule has 3 rings (SSSR count). The maximum absolute atomic E-state index is 5.48. The summed E-state index contributed by atoms with van der Waals surface area (Å²) < 4.78 is 5.48. The molecule has 0 spiro atoms. The highest BCUT2D eigenvalue weighted by molar-refractivity contribution is 7.16. The molecule has 0 radical (unpaired) electrons. The Bertz CT molecular complexity index is 594. The van der Waals surface area contributed by atoms with Crippen molar-refractivity contribution in [2.75, 3.05) is 30.4 Å². The molecule has 2 N–H and O–H groups in total. The number of hydrogen-bond acceptors (Lipinski definition) is 6. The Morgan fingerprint density at radius 3 is 3.14 bits per heavy atom. The summed E-state index contributed by atoms with van der Waals surface area (Å²) in [4.78, 5) is 10.3. The quantitative estimate of drug-likeness (QED) is 0.857. The number of hydrogen-bond donors (Lipinski definition) is 2. The number of aromatic nitrogens is 2. The van der Waals surface area contributed by atoms with Gasteiger partial charge in [-0.1, -0.05) is 6.92 Å². The molecule has 2 aromatic heterocycles. The first-order chi connectivity index (χ1) is 10.3. The van der Waals surface area contributed by atoms with Crippen LogP contribution >= 0.6 is 11.3 Å². The number of rotatable bonds is 6. The Kier molecular flexibility index (Phi) is 4.55. The average molecular weight is 306 g/mol. The topological polar surface area (TPSA) is 59.1 Å². The summed E-state index contributed by atoms with van der Waals surface area (Å²) >= 11 is 1.65. The molecule has 6 heteroatoms. The van der Waals surface area contributed by atoms with Gasteiger partial charge in [0.25, 0.3) is 0 Å². The molecule has 1 saturated heterocycles. The van der Waals surface area contributed by atoms with Crippen LogP contribution in [0.3, 0.4) is 0 Å². The molecule has 0 aromatic carbocycles. The average Bonchev–Trinajstić information content (AvgIpc) is 3.15. The van der Waals surface area contributed by atoms with Gasteiger partial charge in [0, 0.05) is 25.1 Å². The highest BCUT2D eigenvalue weighted by Gasteiger charge is 2.23. The van der Waals surface area contributed by atoms with Crippen LogP contribution in [0.2, 0.25) is 0 Å². The molecule has 1 fully saturated rings. The Balaban J connectivity index is 1.83. The zero-order chi connectivity index (χ0) is 14.7. The fraction of sp³-hybridized carbons (Fsp3) is 0.600. The molecule has 3 heterocycles. The molecule has 5 nitrogen and oxygen atoms in total. The smallest absolute Gasteiger partial charge is 0.226 e. The summed E-state index contributed by atoms with van der Waals surface area (Å²) in [5, 5.41) is 10.0. The van der Waals surface area contributed by atoms with Gasteiger partial charge in [0.15, 0.2) is 0 Å². The normalized spacial score (nSPS) is 19.8. The van der Waals surface area contributed by atoms with Crippen molar-refractivity contribution in [3.63, 3.8) is 0 Å². The van der Waals surface area contributed by atoms with Gasteiger partial charge in [0.2, 0.25) is 5.95 Å². The highest BCUT2D eigenvalue weighted by Crippen LogP contribution is 2.28. The van der Waals surface area contributed by atoms with Crippen LogP contribution in [-0.2, 0) is 4.74 Å². The minimum Gasteiger partial charge on any atom is -0.381 e. The van der Waals surface area contributed by atoms with Crippen molar-refractivity contribution in [3.8, 4) is 0 Å². The number of anilines is 2. The summed E-state index contributed by atoms with van der Waals surface area (Å²) in [5.74, 6) is 2.20. The molecule has 2 aromatic rings. The second-order valence-corrected chi connectivity index (χ2v) is 6.41. The summed E-state index contributed by atoms with van der Waals surface area (Å²) in [6, 6.07) is 2.44. The summed E-state index contributed by atoms with van der Waals surface area (Å²) in [5.41, 5.74) is 0. The predicted molar refractivity (Wildman–Crippen MR) is 88.2 cm³/mol. The Hall–Kier alpha value is -1.40. The van der Waals surface area contributed by atoms with Crippen molar-refractivity contribution < 1.29 is 4.74 Å². The number of thiophene rings is 1. The Morgan fingerprint density at radius 1 is 1.48 bits per heavy atom. The summed E-state index contributed by atoms with van der Waals surface area (Å²) in [6.45, 7) is 6.95. The Labute approximate surface area is 129 Å². The van der Waals surface area contributed by atoms with Gasteiger partial charge < -0.3 is 15.4 Å². The van der Waals surface area contributed by atoms with Crippen LogP contribution in [0.15, 0.2) is 11.4 Å². The first-order valence-corrected chi connectivity index (χ1v) is 8.49. The van der Waals surface area contributed by atoms with E-state index in [1.165, 1.54) is 0 Å². The van der Waals surface area contributed by atoms with Crippen molar-refractivity contribution in [3.05, 3.63) is 11.4 Å². The molecule has 0 aliphatic carbocycles. The van der Waals surface area contributed by atoms with E-state index in [2.05, 4.69) is 45.9 Å². The van der Waals surface area contributed by atoms with E-state index in [0.29, 0.717) is 17.9 Å². The van der Waals surface area contributed by atoms with Crippen LogP contribution in [0.1, 0.15) is 26.7 Å². The largest absolute Gasteiger partial charge is 0.381 e. The van der Waals surface area contributed by atoms with E-state index in [9.17, 15) is 0 Å². The number of nitrogens with one attached hydrogen (secondary N) is 2. The van der Waals surface area contributed by atoms with Gasteiger partial charge in [-0.3, -0.25) is 0 Å². The highest BCUT2D eigenvalue weighted by atomic mass is 32.1. The third-order valence-corrected chi connectivity index (χ3v) is 4.70. The molecule has 1 aliphatic heterocycles. The van der Waals surface area contributed by atoms with Gasteiger partial charge in [0.05, 0.1) is 12.0 Å². The summed E-state index contributed by atoms with van der Waals surface area (Å²) in [7, 11) is 0. The SMILES string of the molecule is CCCNc1nc(NC(C)C2CCOC2)c2ccsc2n1. The van der Waals surface area contributed by atoms with Gasteiger partial charge in [-0.2, -0.15) is 4.98 Å². The van der Waals surface area contributed by atoms with Crippen LogP contribution in [0.25, 0.3) is 10.2 Å². The number of fused-ring (bicyclic) bond motifs is 1. The first kappa shape index (κ1) is 14.5. The van der Waals surface area contributed by atoms with Crippen molar-refractivity contribution >= 4 is 33.3 Å². The monoisotopic (exact) mass is 306 g/mol. The lowest BCUT2D eigenvalue weighted by Crippen LogP contribution is -2.26. The third kappa shape index (κ3) is 3.27. The van der Waals surface area contributed by atoms with E-state index in [1.54, 1.807) is 11.3 Å². The molecular formula is C15H22N4OS. The van der Waals surface area contributed by atoms with Crippen LogP contribution < -0.4 is 10.6 Å². The molecule has 21 heavy (non-hydrogen) atoms. The van der Waals surface area contributed by atoms with E-state index >= 15 is 0 Å². The van der Waals surface area contributed by atoms with Crippen molar-refractivity contribution in [1.29, 1.82) is 0 Å². The second kappa shape index (κ2) is 6.58. The van der Waals surface area contributed by atoms with Crippen LogP contribution in [0, 0.1) is 5.92 Å². The van der Waals surface area contributed by atoms with Crippen molar-refractivity contribution in [1.82, 2.24) is 9.97 Å². The fourth-order valence-corrected chi connectivity index (χ4v) is 3.33. The fourth-order valence-electron chi connectivity index (χ4n) is 2.56. The van der Waals surface area contributed by atoms with Crippen LogP contribution in [-0.4, -0.2) is 35.8 Å². The minimum atomic E-state index is 0.351. The van der Waals surface area contributed by atoms with Crippen molar-refractivity contribution in [2.45, 2.75) is 32.7 Å². The van der Waals surface area contributed by atoms with E-state index < -0.39 is 0 Å². The lowest BCUT2D eigenvalue weighted by Gasteiger charge is -2.20. The molecule has 2 unspecified atom stereocenters. The van der Waals surface area contributed by atoms with Gasteiger partial charge in [-0.15, -0.1) is 11.3 Å². The molecular weight excluding hydrogens is 284 g/mol. The van der Waals surface area contributed by atoms with Crippen LogP contribution in [0.4, 0.5) is 11.8 Å². The molecule has 1 aliphatic rings. The maximum atomic E-state index is 5.48. The predicted octanol–water partition coefficient (Wildman–Crippen LogP) is 3.35. The minimum absolute atomic E-state index is 0.351. The third-order valence-electron chi connectivity index (χ3n) is 3.89. The standard InChI is InChI=1S/C15H22N4OS/c1-3-6-16-15-18-13(12-5-8-21-14(12)19-15)17-10(2)11-4-7-20-9-11/h5,8,10-11H,3-4,6-7,9H2,1-2H3,(H2,16,17,18,19). The lowest BCUT2D eigenvalue weighted by molar-refractivity contribution is 0.183. The summed E-state index contributed by atoms with van der Waals surface area (Å²) in [6.07, 6.45) is 2.18. The zero-order valence-electron chi connectivity index (χ0n) is 12.6. The molecule has 114 valence electrons. The van der Waals surface area contributed by atoms with Gasteiger partial charge in [-0.05, 0) is 31.2 Å². The zero-order valence-corrected chi connectivity index (χ0v) is 13.4. The molecule has 2 atom stereocenters. The number of nitrogens with zero attached hydrogens (tertiary/aromatic N) is 2. The molecule has 0 amide bonds. The maximum Gasteiger partial charge on any atom is 0.226 e. The van der Waals surface area contributed by atoms with Crippen LogP contribution in [0.5, 0.6) is 0 Å². The van der Waals surface area contributed by atoms with E-state index in [4.69, 9.17) is 4.74 Å². The van der Waals surface area contributed by atoms with E-state index in [-0.39, 0.29) is 0 Å². The molecule has 0 bridgehead atoms. The van der Waals surface area contributed by atoms with Gasteiger partial charge in [0.1, 0.15) is 10.6 Å². The Morgan fingerprint density at radius 2 is 2.38 bits per heavy atom. The van der Waals surface area contributed by atoms with E-state index in [0.717, 1.165) is 48.6 Å². The second-order valence-electron chi connectivity index (χ2n) is 5.52.